The maximum absolute atomic E-state index is 5.62. The van der Waals surface area contributed by atoms with E-state index in [1.165, 1.54) is 10.8 Å². The van der Waals surface area contributed by atoms with Gasteiger partial charge >= 0.3 is 0 Å². The van der Waals surface area contributed by atoms with Gasteiger partial charge in [0.05, 0.1) is 21.9 Å². The average Bonchev–Trinajstić information content (AvgIpc) is 4.00. The molecule has 0 amide bonds. The monoisotopic (exact) mass is 781 g/mol. The van der Waals surface area contributed by atoms with E-state index in [0.29, 0.717) is 17.5 Å². The summed E-state index contributed by atoms with van der Waals surface area (Å²) in [5, 5.41) is 3.47. The topological polar surface area (TPSA) is 66.3 Å². The van der Waals surface area contributed by atoms with E-state index in [9.17, 15) is 0 Å². The van der Waals surface area contributed by atoms with Crippen molar-refractivity contribution in [1.29, 1.82) is 0 Å². The van der Waals surface area contributed by atoms with Crippen molar-refractivity contribution in [2.75, 3.05) is 0 Å². The molecule has 0 unspecified atom stereocenters. The van der Waals surface area contributed by atoms with Gasteiger partial charge in [0.25, 0.3) is 0 Å². The van der Waals surface area contributed by atoms with E-state index >= 15 is 0 Å². The first kappa shape index (κ1) is 34.6. The van der Waals surface area contributed by atoms with Gasteiger partial charge in [-0.1, -0.05) is 164 Å². The third-order valence-electron chi connectivity index (χ3n) is 11.5. The summed E-state index contributed by atoms with van der Waals surface area (Å²) >= 11 is 0. The van der Waals surface area contributed by atoms with Crippen molar-refractivity contribution in [2.24, 2.45) is 0 Å². The third kappa shape index (κ3) is 5.67. The molecule has 0 aliphatic rings. The Morgan fingerprint density at radius 2 is 0.787 bits per heavy atom. The maximum Gasteiger partial charge on any atom is 0.165 e. The standard InChI is InChI=1S/C54H35N7/c1-6-19-36(20-7-1)50-55-51(37-21-8-2-9-22-37)57-52(56-50)39-25-18-30-42(35-39)60-46-34-33-44-43-31-16-17-32-45(43)59(40-26-12-4-13-27-40)48(44)47(46)49-54(60)58-53(38-23-10-3-11-24-38)61(49)41-28-14-5-15-29-41/h1-35H. The molecule has 0 aliphatic carbocycles. The molecule has 4 aromatic heterocycles. The Bertz CT molecular complexity index is 3500. The van der Waals surface area contributed by atoms with Gasteiger partial charge in [0, 0.05) is 50.1 Å². The average molecular weight is 782 g/mol. The van der Waals surface area contributed by atoms with Crippen LogP contribution >= 0.6 is 0 Å². The molecule has 0 spiro atoms. The summed E-state index contributed by atoms with van der Waals surface area (Å²) in [6.45, 7) is 0. The number of hydrogen-bond acceptors (Lipinski definition) is 4. The van der Waals surface area contributed by atoms with Crippen LogP contribution in [0.4, 0.5) is 0 Å². The summed E-state index contributed by atoms with van der Waals surface area (Å²) in [4.78, 5) is 20.8. The number of aromatic nitrogens is 7. The molecule has 0 bridgehead atoms. The predicted molar refractivity (Wildman–Crippen MR) is 247 cm³/mol. The van der Waals surface area contributed by atoms with Crippen LogP contribution in [0, 0.1) is 0 Å². The zero-order chi connectivity index (χ0) is 40.3. The Hall–Kier alpha value is -8.42. The quantitative estimate of drug-likeness (QED) is 0.161. The second-order valence-corrected chi connectivity index (χ2v) is 15.1. The van der Waals surface area contributed by atoms with E-state index in [4.69, 9.17) is 19.9 Å². The molecule has 0 radical (unpaired) electrons. The first-order valence-corrected chi connectivity index (χ1v) is 20.4. The molecule has 0 aliphatic heterocycles. The Labute approximate surface area is 351 Å². The summed E-state index contributed by atoms with van der Waals surface area (Å²) in [5.74, 6) is 2.69. The lowest BCUT2D eigenvalue weighted by Crippen LogP contribution is -2.01. The molecule has 61 heavy (non-hydrogen) atoms. The van der Waals surface area contributed by atoms with E-state index in [2.05, 4.69) is 165 Å². The number of para-hydroxylation sites is 3. The number of nitrogens with zero attached hydrogens (tertiary/aromatic N) is 7. The van der Waals surface area contributed by atoms with Gasteiger partial charge in [0.15, 0.2) is 23.1 Å². The normalized spacial score (nSPS) is 11.6. The van der Waals surface area contributed by atoms with Gasteiger partial charge in [0.2, 0.25) is 0 Å². The molecule has 0 saturated carbocycles. The molecule has 7 heteroatoms. The highest BCUT2D eigenvalue weighted by molar-refractivity contribution is 6.25. The van der Waals surface area contributed by atoms with Crippen molar-refractivity contribution in [2.45, 2.75) is 0 Å². The van der Waals surface area contributed by atoms with Gasteiger partial charge in [-0.15, -0.1) is 0 Å². The summed E-state index contributed by atoms with van der Waals surface area (Å²) in [7, 11) is 0. The van der Waals surface area contributed by atoms with Crippen LogP contribution in [-0.2, 0) is 0 Å². The van der Waals surface area contributed by atoms with Crippen LogP contribution in [-0.4, -0.2) is 33.6 Å². The minimum atomic E-state index is 0.591. The first-order chi connectivity index (χ1) is 30.3. The molecule has 0 fully saturated rings. The Morgan fingerprint density at radius 3 is 1.41 bits per heavy atom. The minimum absolute atomic E-state index is 0.591. The number of hydrogen-bond donors (Lipinski definition) is 0. The fourth-order valence-electron chi connectivity index (χ4n) is 8.81. The van der Waals surface area contributed by atoms with E-state index in [1.807, 2.05) is 60.7 Å². The molecular formula is C54H35N7. The second-order valence-electron chi connectivity index (χ2n) is 15.1. The van der Waals surface area contributed by atoms with Gasteiger partial charge in [-0.3, -0.25) is 9.13 Å². The van der Waals surface area contributed by atoms with Crippen molar-refractivity contribution in [1.82, 2.24) is 33.6 Å². The Morgan fingerprint density at radius 1 is 0.295 bits per heavy atom. The van der Waals surface area contributed by atoms with Crippen molar-refractivity contribution in [3.63, 3.8) is 0 Å². The van der Waals surface area contributed by atoms with Crippen molar-refractivity contribution in [3.05, 3.63) is 212 Å². The van der Waals surface area contributed by atoms with Gasteiger partial charge < -0.3 is 4.57 Å². The van der Waals surface area contributed by atoms with Gasteiger partial charge in [-0.2, -0.15) is 0 Å². The molecule has 0 saturated heterocycles. The molecular weight excluding hydrogens is 747 g/mol. The molecule has 0 atom stereocenters. The molecule has 12 aromatic rings. The van der Waals surface area contributed by atoms with Crippen LogP contribution in [0.25, 0.3) is 106 Å². The highest BCUT2D eigenvalue weighted by atomic mass is 15.2. The lowest BCUT2D eigenvalue weighted by molar-refractivity contribution is 1.07. The molecule has 12 rings (SSSR count). The SMILES string of the molecule is c1ccc(-c2nc(-c3ccccc3)nc(-c3cccc(-n4c5ccc6c7ccccc7n(-c7ccccc7)c6c5c5c4nc(-c4ccccc4)n5-c4ccccc4)c3)n2)cc1. The summed E-state index contributed by atoms with van der Waals surface area (Å²) in [5.41, 5.74) is 12.0. The summed E-state index contributed by atoms with van der Waals surface area (Å²) in [6.07, 6.45) is 0. The molecule has 7 nitrogen and oxygen atoms in total. The second kappa shape index (κ2) is 14.1. The first-order valence-electron chi connectivity index (χ1n) is 20.4. The van der Waals surface area contributed by atoms with Crippen LogP contribution in [0.1, 0.15) is 0 Å². The molecule has 0 N–H and O–H groups in total. The molecule has 286 valence electrons. The Balaban J connectivity index is 1.20. The number of benzene rings is 8. The lowest BCUT2D eigenvalue weighted by atomic mass is 10.1. The zero-order valence-electron chi connectivity index (χ0n) is 32.8. The van der Waals surface area contributed by atoms with E-state index in [1.54, 1.807) is 0 Å². The largest absolute Gasteiger partial charge is 0.308 e. The Kier molecular flexibility index (Phi) is 8.03. The predicted octanol–water partition coefficient (Wildman–Crippen LogP) is 12.9. The molecule has 4 heterocycles. The fourth-order valence-corrected chi connectivity index (χ4v) is 8.81. The van der Waals surface area contributed by atoms with Crippen LogP contribution in [0.5, 0.6) is 0 Å². The fraction of sp³-hybridized carbons (Fsp3) is 0. The number of imidazole rings is 1. The number of rotatable bonds is 7. The minimum Gasteiger partial charge on any atom is -0.308 e. The van der Waals surface area contributed by atoms with E-state index in [0.717, 1.165) is 78.2 Å². The highest BCUT2D eigenvalue weighted by Gasteiger charge is 2.27. The van der Waals surface area contributed by atoms with Crippen molar-refractivity contribution < 1.29 is 0 Å². The van der Waals surface area contributed by atoms with Gasteiger partial charge in [-0.25, -0.2) is 19.9 Å². The maximum atomic E-state index is 5.62. The van der Waals surface area contributed by atoms with Gasteiger partial charge in [-0.05, 0) is 48.5 Å². The van der Waals surface area contributed by atoms with Crippen LogP contribution < -0.4 is 0 Å². The van der Waals surface area contributed by atoms with Crippen molar-refractivity contribution in [3.8, 4) is 62.6 Å². The highest BCUT2D eigenvalue weighted by Crippen LogP contribution is 2.44. The van der Waals surface area contributed by atoms with Crippen LogP contribution in [0.2, 0.25) is 0 Å². The van der Waals surface area contributed by atoms with Crippen LogP contribution in [0.15, 0.2) is 212 Å². The van der Waals surface area contributed by atoms with Crippen LogP contribution in [0.3, 0.4) is 0 Å². The van der Waals surface area contributed by atoms with Crippen molar-refractivity contribution >= 4 is 43.9 Å². The van der Waals surface area contributed by atoms with Gasteiger partial charge in [0.1, 0.15) is 11.3 Å². The van der Waals surface area contributed by atoms with E-state index < -0.39 is 0 Å². The number of fused-ring (bicyclic) bond motifs is 7. The lowest BCUT2D eigenvalue weighted by Gasteiger charge is -2.13. The smallest absolute Gasteiger partial charge is 0.165 e. The van der Waals surface area contributed by atoms with E-state index in [-0.39, 0.29) is 0 Å². The summed E-state index contributed by atoms with van der Waals surface area (Å²) in [6, 6.07) is 73.7. The zero-order valence-corrected chi connectivity index (χ0v) is 32.8. The summed E-state index contributed by atoms with van der Waals surface area (Å²) < 4.78 is 7.06. The third-order valence-corrected chi connectivity index (χ3v) is 11.5. The molecule has 8 aromatic carbocycles.